The minimum absolute atomic E-state index is 0.178. The second kappa shape index (κ2) is 7.89. The zero-order chi connectivity index (χ0) is 14.1. The van der Waals surface area contributed by atoms with Gasteiger partial charge < -0.3 is 10.8 Å². The zero-order valence-corrected chi connectivity index (χ0v) is 10.3. The first-order valence-electron chi connectivity index (χ1n) is 5.36. The lowest BCUT2D eigenvalue weighted by atomic mass is 10.2. The lowest BCUT2D eigenvalue weighted by Gasteiger charge is -1.93. The molecule has 0 heterocycles. The molecule has 1 aromatic carbocycles. The molecular weight excluding hydrogens is 234 g/mol. The number of phenols is 1. The molecule has 0 atom stereocenters. The van der Waals surface area contributed by atoms with Crippen molar-refractivity contribution in [3.63, 3.8) is 0 Å². The first kappa shape index (κ1) is 15.7. The van der Waals surface area contributed by atoms with Gasteiger partial charge in [0.15, 0.2) is 0 Å². The fraction of sp³-hybridized carbons (Fsp3) is 0.231. The molecule has 0 bridgehead atoms. The standard InChI is InChI=1S/C7H5O3.C6H11NO/c8-6-4-2-1-3-5(6)7(9)10;1-3-4-5(2)6(7)8/h1-4,8H;4H,3H2,1-2H3,(H2,7,8). The third-order valence-electron chi connectivity index (χ3n) is 2.02. The number of amides is 1. The smallest absolute Gasteiger partial charge is 0.390 e. The van der Waals surface area contributed by atoms with E-state index in [-0.39, 0.29) is 17.2 Å². The van der Waals surface area contributed by atoms with Crippen LogP contribution in [0.3, 0.4) is 0 Å². The Morgan fingerprint density at radius 3 is 2.17 bits per heavy atom. The molecule has 0 spiro atoms. The number of para-hydroxylation sites is 1. The van der Waals surface area contributed by atoms with Crippen LogP contribution in [0.15, 0.2) is 35.9 Å². The summed E-state index contributed by atoms with van der Waals surface area (Å²) in [7, 11) is 0. The van der Waals surface area contributed by atoms with Gasteiger partial charge in [-0.3, -0.25) is 4.79 Å². The number of aromatic hydroxyl groups is 1. The Morgan fingerprint density at radius 1 is 1.33 bits per heavy atom. The number of carbonyl (C=O) groups is 2. The van der Waals surface area contributed by atoms with E-state index in [1.54, 1.807) is 13.0 Å². The van der Waals surface area contributed by atoms with E-state index in [2.05, 4.69) is 0 Å². The zero-order valence-electron chi connectivity index (χ0n) is 10.3. The van der Waals surface area contributed by atoms with E-state index >= 15 is 0 Å². The third-order valence-corrected chi connectivity index (χ3v) is 2.02. The molecule has 5 nitrogen and oxygen atoms in total. The molecule has 3 N–H and O–H groups in total. The fourth-order valence-corrected chi connectivity index (χ4v) is 1.05. The molecule has 0 aliphatic heterocycles. The lowest BCUT2D eigenvalue weighted by molar-refractivity contribution is -0.114. The van der Waals surface area contributed by atoms with Gasteiger partial charge in [0, 0.05) is 5.57 Å². The summed E-state index contributed by atoms with van der Waals surface area (Å²) in [5, 5.41) is 19.0. The van der Waals surface area contributed by atoms with Crippen LogP contribution in [0.25, 0.3) is 0 Å². The second-order valence-corrected chi connectivity index (χ2v) is 3.46. The number of hydrogen-bond donors (Lipinski definition) is 2. The molecule has 0 aliphatic carbocycles. The second-order valence-electron chi connectivity index (χ2n) is 3.46. The molecule has 0 saturated carbocycles. The van der Waals surface area contributed by atoms with Crippen LogP contribution < -0.4 is 5.73 Å². The van der Waals surface area contributed by atoms with Gasteiger partial charge in [-0.2, -0.15) is 0 Å². The van der Waals surface area contributed by atoms with Gasteiger partial charge in [-0.25, -0.2) is 9.90 Å². The summed E-state index contributed by atoms with van der Waals surface area (Å²) in [6.45, 7) is 3.68. The van der Waals surface area contributed by atoms with Crippen LogP contribution >= 0.6 is 0 Å². The van der Waals surface area contributed by atoms with Gasteiger partial charge in [0.2, 0.25) is 5.91 Å². The summed E-state index contributed by atoms with van der Waals surface area (Å²) < 4.78 is 0. The fourth-order valence-electron chi connectivity index (χ4n) is 1.05. The van der Waals surface area contributed by atoms with Crippen molar-refractivity contribution in [1.29, 1.82) is 0 Å². The van der Waals surface area contributed by atoms with E-state index in [9.17, 15) is 14.7 Å². The number of rotatable bonds is 3. The molecule has 1 amide bonds. The van der Waals surface area contributed by atoms with Crippen LogP contribution in [0.1, 0.15) is 30.6 Å². The highest BCUT2D eigenvalue weighted by Crippen LogP contribution is 2.14. The van der Waals surface area contributed by atoms with Crippen molar-refractivity contribution >= 4 is 11.9 Å². The molecule has 0 saturated heterocycles. The van der Waals surface area contributed by atoms with Crippen molar-refractivity contribution in [3.8, 4) is 5.75 Å². The number of nitrogens with two attached hydrogens (primary N) is 1. The number of carbonyl (C=O) groups excluding carboxylic acids is 2. The Kier molecular flexibility index (Phi) is 6.88. The SMILES string of the molecule is CCC=C(C)C(N)=O.[O]C(=O)c1ccccc1O. The molecular formula is C13H16NO4. The Hall–Kier alpha value is -2.30. The van der Waals surface area contributed by atoms with Gasteiger partial charge in [0.1, 0.15) is 11.3 Å². The van der Waals surface area contributed by atoms with Gasteiger partial charge in [0.05, 0.1) is 0 Å². The maximum absolute atomic E-state index is 10.2. The highest BCUT2D eigenvalue weighted by Gasteiger charge is 2.08. The third kappa shape index (κ3) is 5.69. The summed E-state index contributed by atoms with van der Waals surface area (Å²) in [6, 6.07) is 5.64. The van der Waals surface area contributed by atoms with Crippen molar-refractivity contribution in [2.45, 2.75) is 20.3 Å². The summed E-state index contributed by atoms with van der Waals surface area (Å²) >= 11 is 0. The Balaban J connectivity index is 0.000000331. The van der Waals surface area contributed by atoms with E-state index in [0.717, 1.165) is 6.42 Å². The van der Waals surface area contributed by atoms with Crippen molar-refractivity contribution in [1.82, 2.24) is 0 Å². The minimum Gasteiger partial charge on any atom is -0.507 e. The van der Waals surface area contributed by atoms with Gasteiger partial charge in [0.25, 0.3) is 0 Å². The molecule has 0 aliphatic rings. The number of primary amides is 1. The minimum atomic E-state index is -1.36. The maximum atomic E-state index is 10.2. The van der Waals surface area contributed by atoms with Crippen molar-refractivity contribution in [3.05, 3.63) is 41.5 Å². The van der Waals surface area contributed by atoms with E-state index in [1.165, 1.54) is 18.2 Å². The number of benzene rings is 1. The van der Waals surface area contributed by atoms with E-state index in [4.69, 9.17) is 10.8 Å². The van der Waals surface area contributed by atoms with Gasteiger partial charge >= 0.3 is 5.97 Å². The molecule has 97 valence electrons. The van der Waals surface area contributed by atoms with Crippen molar-refractivity contribution < 1.29 is 19.8 Å². The van der Waals surface area contributed by atoms with Crippen LogP contribution in [0.2, 0.25) is 0 Å². The molecule has 1 radical (unpaired) electrons. The molecule has 5 heteroatoms. The van der Waals surface area contributed by atoms with Crippen LogP contribution in [0.5, 0.6) is 5.75 Å². The highest BCUT2D eigenvalue weighted by molar-refractivity contribution is 5.91. The Labute approximate surface area is 106 Å². The predicted octanol–water partition coefficient (Wildman–Crippen LogP) is 1.79. The summed E-state index contributed by atoms with van der Waals surface area (Å²) in [6.07, 6.45) is 2.68. The molecule has 1 aromatic rings. The summed E-state index contributed by atoms with van der Waals surface area (Å²) in [5.41, 5.74) is 5.38. The maximum Gasteiger partial charge on any atom is 0.390 e. The van der Waals surface area contributed by atoms with E-state index < -0.39 is 5.97 Å². The molecule has 0 unspecified atom stereocenters. The predicted molar refractivity (Wildman–Crippen MR) is 66.4 cm³/mol. The Morgan fingerprint density at radius 2 is 1.89 bits per heavy atom. The van der Waals surface area contributed by atoms with Crippen LogP contribution in [-0.2, 0) is 9.90 Å². The normalized spacial score (nSPS) is 10.2. The molecule has 0 aromatic heterocycles. The largest absolute Gasteiger partial charge is 0.507 e. The van der Waals surface area contributed by atoms with Crippen LogP contribution in [0, 0.1) is 0 Å². The van der Waals surface area contributed by atoms with Gasteiger partial charge in [-0.15, -0.1) is 0 Å². The number of phenolic OH excluding ortho intramolecular Hbond substituents is 1. The topological polar surface area (TPSA) is 100 Å². The van der Waals surface area contributed by atoms with E-state index in [1.807, 2.05) is 13.0 Å². The first-order chi connectivity index (χ1) is 8.40. The molecule has 0 fully saturated rings. The highest BCUT2D eigenvalue weighted by atomic mass is 16.4. The summed E-state index contributed by atoms with van der Waals surface area (Å²) in [5.74, 6) is -1.95. The van der Waals surface area contributed by atoms with Crippen molar-refractivity contribution in [2.75, 3.05) is 0 Å². The number of hydrogen-bond acceptors (Lipinski definition) is 3. The average Bonchev–Trinajstić information content (AvgIpc) is 2.30. The van der Waals surface area contributed by atoms with Crippen LogP contribution in [0.4, 0.5) is 0 Å². The van der Waals surface area contributed by atoms with E-state index in [0.29, 0.717) is 5.57 Å². The first-order valence-corrected chi connectivity index (χ1v) is 5.36. The monoisotopic (exact) mass is 250 g/mol. The van der Waals surface area contributed by atoms with Crippen molar-refractivity contribution in [2.24, 2.45) is 5.73 Å². The quantitative estimate of drug-likeness (QED) is 0.799. The average molecular weight is 250 g/mol. The number of allylic oxidation sites excluding steroid dienone is 1. The Bertz CT molecular complexity index is 452. The van der Waals surface area contributed by atoms with Gasteiger partial charge in [-0.1, -0.05) is 25.1 Å². The van der Waals surface area contributed by atoms with Crippen LogP contribution in [-0.4, -0.2) is 17.0 Å². The molecule has 1 rings (SSSR count). The lowest BCUT2D eigenvalue weighted by Crippen LogP contribution is -2.11. The molecule has 18 heavy (non-hydrogen) atoms. The van der Waals surface area contributed by atoms with Gasteiger partial charge in [-0.05, 0) is 25.5 Å². The summed E-state index contributed by atoms with van der Waals surface area (Å²) in [4.78, 5) is 20.4.